The molecule has 0 saturated carbocycles. The number of hydrogen-bond acceptors (Lipinski definition) is 5. The van der Waals surface area contributed by atoms with Gasteiger partial charge < -0.3 is 23.1 Å². The molecule has 358 valence electrons. The van der Waals surface area contributed by atoms with Crippen molar-refractivity contribution in [3.63, 3.8) is 0 Å². The first-order valence-corrected chi connectivity index (χ1v) is 25.6. The molecule has 0 atom stereocenters. The molecule has 10 aromatic carbocycles. The zero-order valence-corrected chi connectivity index (χ0v) is 43.3. The smallest absolute Gasteiger partial charge is 0.159 e. The highest BCUT2D eigenvalue weighted by molar-refractivity contribution is 6.30. The van der Waals surface area contributed by atoms with Gasteiger partial charge in [0, 0.05) is 77.7 Å². The molecule has 13 aromatic rings. The minimum atomic E-state index is -0.111. The second kappa shape index (κ2) is 16.1. The number of aryl methyl sites for hydroxylation is 4. The normalized spacial score (nSPS) is 12.5. The fourth-order valence-electron chi connectivity index (χ4n) is 11.9. The van der Waals surface area contributed by atoms with E-state index in [1.54, 1.807) is 0 Å². The van der Waals surface area contributed by atoms with E-state index in [1.807, 2.05) is 0 Å². The molecule has 0 N–H and O–H groups in total. The van der Waals surface area contributed by atoms with Crippen molar-refractivity contribution in [2.75, 3.05) is 9.80 Å². The second-order valence-corrected chi connectivity index (χ2v) is 22.5. The first-order chi connectivity index (χ1) is 35.1. The monoisotopic (exact) mass is 950 g/mol. The second-order valence-electron chi connectivity index (χ2n) is 22.5. The van der Waals surface area contributed by atoms with Gasteiger partial charge in [0.15, 0.2) is 11.2 Å². The van der Waals surface area contributed by atoms with Crippen LogP contribution in [0.25, 0.3) is 87.4 Å². The van der Waals surface area contributed by atoms with Crippen molar-refractivity contribution in [1.82, 2.24) is 0 Å². The van der Waals surface area contributed by atoms with Gasteiger partial charge in [0.25, 0.3) is 0 Å². The van der Waals surface area contributed by atoms with Crippen LogP contribution in [0.1, 0.15) is 74.9 Å². The van der Waals surface area contributed by atoms with Crippen LogP contribution < -0.4 is 9.80 Å². The summed E-state index contributed by atoms with van der Waals surface area (Å²) in [6.07, 6.45) is 0. The fraction of sp³-hybridized carbons (Fsp3) is 0.176. The maximum Gasteiger partial charge on any atom is 0.159 e. The highest BCUT2D eigenvalue weighted by Gasteiger charge is 2.29. The number of furan rings is 3. The summed E-state index contributed by atoms with van der Waals surface area (Å²) in [6, 6.07) is 62.0. The molecule has 0 unspecified atom stereocenters. The van der Waals surface area contributed by atoms with Gasteiger partial charge in [-0.15, -0.1) is 0 Å². The Labute approximate surface area is 425 Å². The van der Waals surface area contributed by atoms with E-state index in [-0.39, 0.29) is 10.8 Å². The van der Waals surface area contributed by atoms with E-state index >= 15 is 0 Å². The summed E-state index contributed by atoms with van der Waals surface area (Å²) in [6.45, 7) is 22.2. The molecule has 0 bridgehead atoms. The third-order valence-electron chi connectivity index (χ3n) is 15.0. The maximum atomic E-state index is 7.37. The highest BCUT2D eigenvalue weighted by atomic mass is 16.3. The van der Waals surface area contributed by atoms with Crippen LogP contribution in [0.3, 0.4) is 0 Å². The fourth-order valence-corrected chi connectivity index (χ4v) is 11.9. The van der Waals surface area contributed by atoms with Gasteiger partial charge in [-0.1, -0.05) is 163 Å². The minimum Gasteiger partial charge on any atom is -0.456 e. The van der Waals surface area contributed by atoms with Crippen LogP contribution in [0.2, 0.25) is 0 Å². The molecule has 5 nitrogen and oxygen atoms in total. The maximum absolute atomic E-state index is 7.37. The van der Waals surface area contributed by atoms with E-state index in [2.05, 4.69) is 249 Å². The minimum absolute atomic E-state index is 0.111. The van der Waals surface area contributed by atoms with Gasteiger partial charge in [0.2, 0.25) is 0 Å². The summed E-state index contributed by atoms with van der Waals surface area (Å²) in [5, 5.41) is 11.0. The molecule has 13 rings (SSSR count). The van der Waals surface area contributed by atoms with E-state index in [1.165, 1.54) is 33.4 Å². The lowest BCUT2D eigenvalue weighted by Crippen LogP contribution is -2.11. The van der Waals surface area contributed by atoms with Gasteiger partial charge in [0.1, 0.15) is 22.3 Å². The summed E-state index contributed by atoms with van der Waals surface area (Å²) in [5.74, 6) is 0. The first kappa shape index (κ1) is 44.6. The van der Waals surface area contributed by atoms with Crippen LogP contribution in [0, 0.1) is 27.7 Å². The molecule has 0 spiro atoms. The van der Waals surface area contributed by atoms with Crippen molar-refractivity contribution in [3.8, 4) is 0 Å². The molecule has 3 aromatic heterocycles. The van der Waals surface area contributed by atoms with Gasteiger partial charge in [-0.3, -0.25) is 0 Å². The molecule has 0 aliphatic heterocycles. The number of para-hydroxylation sites is 4. The average Bonchev–Trinajstić information content (AvgIpc) is 4.05. The zero-order chi connectivity index (χ0) is 50.2. The Balaban J connectivity index is 1.11. The van der Waals surface area contributed by atoms with Crippen molar-refractivity contribution in [1.29, 1.82) is 0 Å². The van der Waals surface area contributed by atoms with E-state index < -0.39 is 0 Å². The molecule has 3 heterocycles. The predicted molar refractivity (Wildman–Crippen MR) is 309 cm³/mol. The number of hydrogen-bond donors (Lipinski definition) is 0. The molecule has 0 fully saturated rings. The number of rotatable bonds is 6. The lowest BCUT2D eigenvalue weighted by Gasteiger charge is -2.28. The Hall–Kier alpha value is -8.28. The van der Waals surface area contributed by atoms with Crippen LogP contribution in [0.5, 0.6) is 0 Å². The van der Waals surface area contributed by atoms with Crippen molar-refractivity contribution >= 4 is 121 Å². The SMILES string of the molecule is Cc1cc(C)cc(N(c2cc3oc4cc(N(c5cc(C)cc(C)c5)c5cccc6c5oc5c(C(C)(C)C)cccc56)c5ccccc5c4c3c3ccccc23)c2cccc3c2oc2c(C(C)(C)C)cccc23)c1. The Morgan fingerprint density at radius 3 is 1.00 bits per heavy atom. The van der Waals surface area contributed by atoms with Gasteiger partial charge in [-0.2, -0.15) is 0 Å². The third-order valence-corrected chi connectivity index (χ3v) is 15.0. The zero-order valence-electron chi connectivity index (χ0n) is 43.3. The Morgan fingerprint density at radius 1 is 0.301 bits per heavy atom. The summed E-state index contributed by atoms with van der Waals surface area (Å²) >= 11 is 0. The highest BCUT2D eigenvalue weighted by Crippen LogP contribution is 2.52. The third kappa shape index (κ3) is 7.04. The van der Waals surface area contributed by atoms with Gasteiger partial charge >= 0.3 is 0 Å². The van der Waals surface area contributed by atoms with Gasteiger partial charge in [-0.25, -0.2) is 0 Å². The number of nitrogens with zero attached hydrogens (tertiary/aromatic N) is 2. The van der Waals surface area contributed by atoms with Crippen LogP contribution >= 0.6 is 0 Å². The quantitative estimate of drug-likeness (QED) is 0.166. The lowest BCUT2D eigenvalue weighted by atomic mass is 9.86. The van der Waals surface area contributed by atoms with Crippen molar-refractivity contribution in [2.45, 2.75) is 80.1 Å². The Morgan fingerprint density at radius 2 is 0.630 bits per heavy atom. The number of benzene rings is 10. The number of fused-ring (bicyclic) bond motifs is 13. The van der Waals surface area contributed by atoms with E-state index in [0.717, 1.165) is 121 Å². The van der Waals surface area contributed by atoms with Crippen LogP contribution in [0.4, 0.5) is 34.1 Å². The summed E-state index contributed by atoms with van der Waals surface area (Å²) < 4.78 is 21.6. The van der Waals surface area contributed by atoms with Gasteiger partial charge in [0.05, 0.1) is 22.7 Å². The number of anilines is 6. The van der Waals surface area contributed by atoms with E-state index in [9.17, 15) is 0 Å². The molecule has 0 amide bonds. The van der Waals surface area contributed by atoms with Gasteiger partial charge in [-0.05, 0) is 108 Å². The van der Waals surface area contributed by atoms with Crippen molar-refractivity contribution < 1.29 is 13.3 Å². The first-order valence-electron chi connectivity index (χ1n) is 25.6. The largest absolute Gasteiger partial charge is 0.456 e. The molecule has 0 aliphatic carbocycles. The lowest BCUT2D eigenvalue weighted by molar-refractivity contribution is 0.572. The van der Waals surface area contributed by atoms with E-state index in [4.69, 9.17) is 13.3 Å². The summed E-state index contributed by atoms with van der Waals surface area (Å²) in [5.41, 5.74) is 18.1. The van der Waals surface area contributed by atoms with E-state index in [0.29, 0.717) is 0 Å². The van der Waals surface area contributed by atoms with Crippen LogP contribution in [-0.4, -0.2) is 0 Å². The standard InChI is InChI=1S/C68H58N2O3/c1-39-31-40(2)34-43(33-39)69(55-29-17-25-51-49-23-15-27-53(67(5,6)7)63(49)72-65(51)55)57-37-59-61(47-21-13-11-19-45(47)57)62-48-22-14-12-20-46(48)58(38-60(62)71-59)70(44-35-41(3)32-42(4)36-44)56-30-18-26-52-50-24-16-28-54(68(8,9)10)64(50)73-66(52)56/h11-38H,1-10H3. The van der Waals surface area contributed by atoms with Crippen molar-refractivity contribution in [3.05, 3.63) is 203 Å². The average molecular weight is 951 g/mol. The molecular weight excluding hydrogens is 893 g/mol. The molecular formula is C68H58N2O3. The van der Waals surface area contributed by atoms with Crippen molar-refractivity contribution in [2.24, 2.45) is 0 Å². The summed E-state index contributed by atoms with van der Waals surface area (Å²) in [7, 11) is 0. The molecule has 73 heavy (non-hydrogen) atoms. The van der Waals surface area contributed by atoms with Crippen LogP contribution in [0.15, 0.2) is 183 Å². The summed E-state index contributed by atoms with van der Waals surface area (Å²) in [4.78, 5) is 4.78. The predicted octanol–water partition coefficient (Wildman–Crippen LogP) is 20.5. The molecule has 0 radical (unpaired) electrons. The van der Waals surface area contributed by atoms with Crippen LogP contribution in [-0.2, 0) is 10.8 Å². The Kier molecular flexibility index (Phi) is 9.86. The Bertz CT molecular complexity index is 4090. The topological polar surface area (TPSA) is 45.9 Å². The molecule has 5 heteroatoms. The molecule has 0 saturated heterocycles. The molecule has 0 aliphatic rings.